The van der Waals surface area contributed by atoms with Crippen LogP contribution in [0.4, 0.5) is 0 Å². The van der Waals surface area contributed by atoms with Gasteiger partial charge in [-0.15, -0.1) is 0 Å². The number of carbonyl (C=O) groups is 1. The van der Waals surface area contributed by atoms with Crippen LogP contribution in [0.1, 0.15) is 22.6 Å². The first-order valence-corrected chi connectivity index (χ1v) is 7.44. The van der Waals surface area contributed by atoms with Gasteiger partial charge in [-0.25, -0.2) is 0 Å². The van der Waals surface area contributed by atoms with Gasteiger partial charge in [0.2, 0.25) is 5.91 Å². The molecule has 2 aromatic rings. The number of carbonyl (C=O) groups excluding carboxylic acids is 1. The molecule has 1 N–H and O–H groups in total. The Hall–Kier alpha value is -2.50. The smallest absolute Gasteiger partial charge is 0.224 e. The highest BCUT2D eigenvalue weighted by molar-refractivity contribution is 5.78. The Morgan fingerprint density at radius 1 is 1.22 bits per heavy atom. The maximum absolute atomic E-state index is 12.0. The molecule has 23 heavy (non-hydrogen) atoms. The predicted molar refractivity (Wildman–Crippen MR) is 85.9 cm³/mol. The zero-order valence-electron chi connectivity index (χ0n) is 13.9. The fourth-order valence-electron chi connectivity index (χ4n) is 2.42. The molecular formula is C17H22N2O4. The van der Waals surface area contributed by atoms with Crippen LogP contribution < -0.4 is 14.8 Å². The van der Waals surface area contributed by atoms with Crippen molar-refractivity contribution in [2.24, 2.45) is 0 Å². The average molecular weight is 318 g/mol. The van der Waals surface area contributed by atoms with E-state index < -0.39 is 0 Å². The summed E-state index contributed by atoms with van der Waals surface area (Å²) in [4.78, 5) is 12.0. The van der Waals surface area contributed by atoms with E-state index in [2.05, 4.69) is 10.5 Å². The van der Waals surface area contributed by atoms with Crippen molar-refractivity contribution in [1.82, 2.24) is 10.5 Å². The second kappa shape index (κ2) is 7.67. The Balaban J connectivity index is 1.87. The van der Waals surface area contributed by atoms with Crippen molar-refractivity contribution in [1.29, 1.82) is 0 Å². The van der Waals surface area contributed by atoms with Gasteiger partial charge in [-0.05, 0) is 38.0 Å². The number of hydrogen-bond acceptors (Lipinski definition) is 5. The summed E-state index contributed by atoms with van der Waals surface area (Å²) < 4.78 is 15.5. The summed E-state index contributed by atoms with van der Waals surface area (Å²) in [5.74, 6) is 2.03. The highest BCUT2D eigenvalue weighted by Gasteiger charge is 2.11. The molecular weight excluding hydrogens is 296 g/mol. The number of nitrogens with one attached hydrogen (secondary N) is 1. The van der Waals surface area contributed by atoms with E-state index in [1.807, 2.05) is 26.0 Å². The molecule has 1 aromatic heterocycles. The predicted octanol–water partition coefficient (Wildman–Crippen LogP) is 2.21. The number of amides is 1. The molecule has 0 saturated carbocycles. The minimum absolute atomic E-state index is 0.0380. The summed E-state index contributed by atoms with van der Waals surface area (Å²) >= 11 is 0. The Morgan fingerprint density at radius 2 is 1.96 bits per heavy atom. The van der Waals surface area contributed by atoms with Crippen LogP contribution >= 0.6 is 0 Å². The lowest BCUT2D eigenvalue weighted by Gasteiger charge is -2.10. The third kappa shape index (κ3) is 4.25. The number of rotatable bonds is 7. The molecule has 0 bridgehead atoms. The van der Waals surface area contributed by atoms with E-state index in [9.17, 15) is 4.79 Å². The summed E-state index contributed by atoms with van der Waals surface area (Å²) in [7, 11) is 3.16. The van der Waals surface area contributed by atoms with Crippen molar-refractivity contribution in [2.75, 3.05) is 20.8 Å². The minimum atomic E-state index is -0.0380. The Kier molecular flexibility index (Phi) is 5.62. The van der Waals surface area contributed by atoms with Gasteiger partial charge in [-0.3, -0.25) is 4.79 Å². The Labute approximate surface area is 135 Å². The minimum Gasteiger partial charge on any atom is -0.493 e. The topological polar surface area (TPSA) is 73.6 Å². The molecule has 2 rings (SSSR count). The maximum atomic E-state index is 12.0. The van der Waals surface area contributed by atoms with Crippen molar-refractivity contribution in [3.63, 3.8) is 0 Å². The molecule has 0 unspecified atom stereocenters. The maximum Gasteiger partial charge on any atom is 0.224 e. The molecule has 6 nitrogen and oxygen atoms in total. The first kappa shape index (κ1) is 16.9. The molecule has 1 aromatic carbocycles. The first-order valence-electron chi connectivity index (χ1n) is 7.44. The molecule has 0 saturated heterocycles. The number of aryl methyl sites for hydroxylation is 2. The summed E-state index contributed by atoms with van der Waals surface area (Å²) in [6.45, 7) is 4.33. The third-order valence-electron chi connectivity index (χ3n) is 3.69. The van der Waals surface area contributed by atoms with Crippen LogP contribution in [0.5, 0.6) is 11.5 Å². The number of aromatic nitrogens is 1. The zero-order valence-corrected chi connectivity index (χ0v) is 13.9. The molecule has 0 radical (unpaired) electrons. The van der Waals surface area contributed by atoms with Crippen LogP contribution in [-0.4, -0.2) is 31.8 Å². The molecule has 0 atom stereocenters. The van der Waals surface area contributed by atoms with E-state index in [1.54, 1.807) is 20.3 Å². The van der Waals surface area contributed by atoms with Crippen molar-refractivity contribution >= 4 is 5.91 Å². The van der Waals surface area contributed by atoms with E-state index in [0.29, 0.717) is 30.9 Å². The molecule has 124 valence electrons. The fourth-order valence-corrected chi connectivity index (χ4v) is 2.42. The van der Waals surface area contributed by atoms with Crippen LogP contribution in [0, 0.1) is 13.8 Å². The van der Waals surface area contributed by atoms with Gasteiger partial charge < -0.3 is 19.3 Å². The summed E-state index contributed by atoms with van der Waals surface area (Å²) in [5, 5.41) is 6.81. The van der Waals surface area contributed by atoms with Gasteiger partial charge in [0.15, 0.2) is 11.5 Å². The van der Waals surface area contributed by atoms with Gasteiger partial charge in [0.1, 0.15) is 5.76 Å². The van der Waals surface area contributed by atoms with Crippen LogP contribution in [0.15, 0.2) is 22.7 Å². The van der Waals surface area contributed by atoms with E-state index >= 15 is 0 Å². The van der Waals surface area contributed by atoms with Crippen LogP contribution in [-0.2, 0) is 17.6 Å². The van der Waals surface area contributed by atoms with Crippen molar-refractivity contribution in [3.8, 4) is 11.5 Å². The molecule has 6 heteroatoms. The molecule has 0 aliphatic heterocycles. The highest BCUT2D eigenvalue weighted by Crippen LogP contribution is 2.27. The molecule has 1 amide bonds. The second-order valence-electron chi connectivity index (χ2n) is 5.27. The number of methoxy groups -OCH3 is 2. The van der Waals surface area contributed by atoms with E-state index in [1.165, 1.54) is 0 Å². The van der Waals surface area contributed by atoms with Crippen LogP contribution in [0.25, 0.3) is 0 Å². The van der Waals surface area contributed by atoms with Gasteiger partial charge in [-0.1, -0.05) is 11.2 Å². The SMILES string of the molecule is COc1ccc(CC(=O)NCCc2c(C)noc2C)cc1OC. The lowest BCUT2D eigenvalue weighted by molar-refractivity contribution is -0.120. The normalized spacial score (nSPS) is 10.4. The summed E-state index contributed by atoms with van der Waals surface area (Å²) in [6.07, 6.45) is 1.00. The van der Waals surface area contributed by atoms with Crippen molar-refractivity contribution < 1.29 is 18.8 Å². The van der Waals surface area contributed by atoms with Crippen molar-refractivity contribution in [3.05, 3.63) is 40.8 Å². The quantitative estimate of drug-likeness (QED) is 0.847. The van der Waals surface area contributed by atoms with Crippen LogP contribution in [0.2, 0.25) is 0 Å². The van der Waals surface area contributed by atoms with Gasteiger partial charge >= 0.3 is 0 Å². The Morgan fingerprint density at radius 3 is 2.57 bits per heavy atom. The Bertz CT molecular complexity index is 660. The van der Waals surface area contributed by atoms with Gasteiger partial charge in [-0.2, -0.15) is 0 Å². The van der Waals surface area contributed by atoms with E-state index in [0.717, 1.165) is 22.6 Å². The van der Waals surface area contributed by atoms with E-state index in [-0.39, 0.29) is 5.91 Å². The van der Waals surface area contributed by atoms with E-state index in [4.69, 9.17) is 14.0 Å². The third-order valence-corrected chi connectivity index (χ3v) is 3.69. The second-order valence-corrected chi connectivity index (χ2v) is 5.27. The molecule has 0 aliphatic rings. The number of ether oxygens (including phenoxy) is 2. The average Bonchev–Trinajstić information content (AvgIpc) is 2.86. The summed E-state index contributed by atoms with van der Waals surface area (Å²) in [5.41, 5.74) is 2.80. The lowest BCUT2D eigenvalue weighted by atomic mass is 10.1. The van der Waals surface area contributed by atoms with Gasteiger partial charge in [0.05, 0.1) is 26.3 Å². The fraction of sp³-hybridized carbons (Fsp3) is 0.412. The number of nitrogens with zero attached hydrogens (tertiary/aromatic N) is 1. The summed E-state index contributed by atoms with van der Waals surface area (Å²) in [6, 6.07) is 5.47. The first-order chi connectivity index (χ1) is 11.0. The number of benzene rings is 1. The lowest BCUT2D eigenvalue weighted by Crippen LogP contribution is -2.27. The van der Waals surface area contributed by atoms with Gasteiger partial charge in [0, 0.05) is 12.1 Å². The zero-order chi connectivity index (χ0) is 16.8. The van der Waals surface area contributed by atoms with Crippen molar-refractivity contribution in [2.45, 2.75) is 26.7 Å². The van der Waals surface area contributed by atoms with Crippen LogP contribution in [0.3, 0.4) is 0 Å². The standard InChI is InChI=1S/C17H22N2O4/c1-11-14(12(2)23-19-11)7-8-18-17(20)10-13-5-6-15(21-3)16(9-13)22-4/h5-6,9H,7-8,10H2,1-4H3,(H,18,20). The molecule has 0 aliphatic carbocycles. The molecule has 0 fully saturated rings. The largest absolute Gasteiger partial charge is 0.493 e. The van der Waals surface area contributed by atoms with Gasteiger partial charge in [0.25, 0.3) is 0 Å². The monoisotopic (exact) mass is 318 g/mol. The number of hydrogen-bond donors (Lipinski definition) is 1. The molecule has 1 heterocycles. The highest BCUT2D eigenvalue weighted by atomic mass is 16.5. The molecule has 0 spiro atoms.